The Morgan fingerprint density at radius 1 is 1.06 bits per heavy atom. The van der Waals surface area contributed by atoms with Crippen molar-refractivity contribution >= 4 is 0 Å². The van der Waals surface area contributed by atoms with E-state index >= 15 is 0 Å². The zero-order valence-corrected chi connectivity index (χ0v) is 11.5. The molecule has 0 amide bonds. The lowest BCUT2D eigenvalue weighted by molar-refractivity contribution is 0.241. The molecule has 3 nitrogen and oxygen atoms in total. The highest BCUT2D eigenvalue weighted by Crippen LogP contribution is 2.23. The summed E-state index contributed by atoms with van der Waals surface area (Å²) in [6, 6.07) is 8.53. The Balaban J connectivity index is 2.85. The van der Waals surface area contributed by atoms with Crippen LogP contribution in [0.2, 0.25) is 0 Å². The standard InChI is InChI=1S/C14H24N2O/c1-10(2)17-13-8-6-12(7-9-13)14(11(3)15)16(4)5/h6-11,14H,15H2,1-5H3. The second kappa shape index (κ2) is 6.03. The lowest BCUT2D eigenvalue weighted by Crippen LogP contribution is -2.34. The molecule has 1 rings (SSSR count). The van der Waals surface area contributed by atoms with Gasteiger partial charge in [0.05, 0.1) is 6.10 Å². The molecule has 0 bridgehead atoms. The molecular formula is C14H24N2O. The van der Waals surface area contributed by atoms with Crippen molar-refractivity contribution in [3.8, 4) is 5.75 Å². The minimum atomic E-state index is 0.0990. The fourth-order valence-electron chi connectivity index (χ4n) is 2.09. The lowest BCUT2D eigenvalue weighted by Gasteiger charge is -2.28. The van der Waals surface area contributed by atoms with Gasteiger partial charge in [0.15, 0.2) is 0 Å². The fraction of sp³-hybridized carbons (Fsp3) is 0.571. The minimum absolute atomic E-state index is 0.0990. The molecule has 0 aliphatic rings. The molecule has 0 aliphatic carbocycles. The van der Waals surface area contributed by atoms with Gasteiger partial charge >= 0.3 is 0 Å². The molecule has 2 unspecified atom stereocenters. The molecule has 96 valence electrons. The Morgan fingerprint density at radius 2 is 1.59 bits per heavy atom. The van der Waals surface area contributed by atoms with Crippen LogP contribution < -0.4 is 10.5 Å². The molecule has 17 heavy (non-hydrogen) atoms. The predicted octanol–water partition coefficient (Wildman–Crippen LogP) is 2.42. The summed E-state index contributed by atoms with van der Waals surface area (Å²) in [6.07, 6.45) is 0.207. The number of hydrogen-bond donors (Lipinski definition) is 1. The second-order valence-corrected chi connectivity index (χ2v) is 5.00. The zero-order valence-electron chi connectivity index (χ0n) is 11.5. The maximum atomic E-state index is 6.02. The van der Waals surface area contributed by atoms with E-state index in [4.69, 9.17) is 10.5 Å². The fourth-order valence-corrected chi connectivity index (χ4v) is 2.09. The van der Waals surface area contributed by atoms with Gasteiger partial charge in [0.1, 0.15) is 5.75 Å². The van der Waals surface area contributed by atoms with E-state index < -0.39 is 0 Å². The number of likely N-dealkylation sites (N-methyl/N-ethyl adjacent to an activating group) is 1. The number of nitrogens with zero attached hydrogens (tertiary/aromatic N) is 1. The molecule has 1 aromatic rings. The molecule has 1 aromatic carbocycles. The summed E-state index contributed by atoms with van der Waals surface area (Å²) in [5, 5.41) is 0. The largest absolute Gasteiger partial charge is 0.491 e. The summed E-state index contributed by atoms with van der Waals surface area (Å²) in [4.78, 5) is 2.14. The summed E-state index contributed by atoms with van der Waals surface area (Å²) >= 11 is 0. The van der Waals surface area contributed by atoms with Gasteiger partial charge < -0.3 is 15.4 Å². The van der Waals surface area contributed by atoms with Crippen LogP contribution in [0.3, 0.4) is 0 Å². The highest BCUT2D eigenvalue weighted by molar-refractivity contribution is 5.30. The quantitative estimate of drug-likeness (QED) is 0.853. The van der Waals surface area contributed by atoms with Crippen molar-refractivity contribution in [2.75, 3.05) is 14.1 Å². The molecule has 0 fully saturated rings. The molecule has 2 N–H and O–H groups in total. The van der Waals surface area contributed by atoms with Crippen molar-refractivity contribution in [2.45, 2.75) is 39.0 Å². The van der Waals surface area contributed by atoms with Crippen molar-refractivity contribution in [1.29, 1.82) is 0 Å². The van der Waals surface area contributed by atoms with Gasteiger partial charge in [-0.2, -0.15) is 0 Å². The van der Waals surface area contributed by atoms with Crippen LogP contribution in [0.4, 0.5) is 0 Å². The summed E-state index contributed by atoms with van der Waals surface area (Å²) in [5.41, 5.74) is 7.24. The summed E-state index contributed by atoms with van der Waals surface area (Å²) in [7, 11) is 4.10. The van der Waals surface area contributed by atoms with Crippen LogP contribution in [0.15, 0.2) is 24.3 Å². The molecule has 0 spiro atoms. The second-order valence-electron chi connectivity index (χ2n) is 5.00. The summed E-state index contributed by atoms with van der Waals surface area (Å²) in [6.45, 7) is 6.08. The first-order valence-electron chi connectivity index (χ1n) is 6.10. The summed E-state index contributed by atoms with van der Waals surface area (Å²) < 4.78 is 5.63. The van der Waals surface area contributed by atoms with Crippen molar-refractivity contribution in [3.05, 3.63) is 29.8 Å². The highest BCUT2D eigenvalue weighted by atomic mass is 16.5. The number of nitrogens with two attached hydrogens (primary N) is 1. The van der Waals surface area contributed by atoms with E-state index in [2.05, 4.69) is 17.0 Å². The molecule has 0 radical (unpaired) electrons. The van der Waals surface area contributed by atoms with Crippen molar-refractivity contribution in [1.82, 2.24) is 4.90 Å². The molecule has 0 aliphatic heterocycles. The third-order valence-electron chi connectivity index (χ3n) is 2.65. The molecule has 0 aromatic heterocycles. The number of rotatable bonds is 5. The average Bonchev–Trinajstić information content (AvgIpc) is 2.18. The van der Waals surface area contributed by atoms with Gasteiger partial charge in [0.2, 0.25) is 0 Å². The first-order chi connectivity index (χ1) is 7.91. The Morgan fingerprint density at radius 3 is 1.94 bits per heavy atom. The Labute approximate surface area is 105 Å². The molecule has 3 heteroatoms. The maximum absolute atomic E-state index is 6.02. The van der Waals surface area contributed by atoms with Crippen LogP contribution in [0.25, 0.3) is 0 Å². The number of ether oxygens (including phenoxy) is 1. The van der Waals surface area contributed by atoms with Crippen molar-refractivity contribution in [2.24, 2.45) is 5.73 Å². The first-order valence-corrected chi connectivity index (χ1v) is 6.10. The van der Waals surface area contributed by atoms with E-state index in [0.717, 1.165) is 5.75 Å². The number of benzene rings is 1. The summed E-state index contributed by atoms with van der Waals surface area (Å²) in [5.74, 6) is 0.908. The third kappa shape index (κ3) is 4.02. The van der Waals surface area contributed by atoms with Gasteiger partial charge in [0.25, 0.3) is 0 Å². The SMILES string of the molecule is CC(C)Oc1ccc(C(C(C)N)N(C)C)cc1. The minimum Gasteiger partial charge on any atom is -0.491 e. The van der Waals surface area contributed by atoms with Crippen LogP contribution in [0.5, 0.6) is 5.75 Å². The third-order valence-corrected chi connectivity index (χ3v) is 2.65. The van der Waals surface area contributed by atoms with Gasteiger partial charge in [-0.1, -0.05) is 12.1 Å². The monoisotopic (exact) mass is 236 g/mol. The Bertz CT molecular complexity index is 323. The zero-order chi connectivity index (χ0) is 13.0. The van der Waals surface area contributed by atoms with Crippen molar-refractivity contribution in [3.63, 3.8) is 0 Å². The predicted molar refractivity (Wildman–Crippen MR) is 72.3 cm³/mol. The van der Waals surface area contributed by atoms with Gasteiger partial charge in [-0.15, -0.1) is 0 Å². The molecule has 0 heterocycles. The molecule has 0 saturated heterocycles. The van der Waals surface area contributed by atoms with Gasteiger partial charge in [-0.05, 0) is 52.6 Å². The lowest BCUT2D eigenvalue weighted by atomic mass is 10.00. The maximum Gasteiger partial charge on any atom is 0.119 e. The van der Waals surface area contributed by atoms with Crippen LogP contribution in [-0.2, 0) is 0 Å². The topological polar surface area (TPSA) is 38.5 Å². The van der Waals surface area contributed by atoms with Crippen LogP contribution in [-0.4, -0.2) is 31.1 Å². The Kier molecular flexibility index (Phi) is 4.97. The molecule has 2 atom stereocenters. The van der Waals surface area contributed by atoms with Crippen molar-refractivity contribution < 1.29 is 4.74 Å². The van der Waals surface area contributed by atoms with E-state index in [1.807, 2.05) is 47.0 Å². The van der Waals surface area contributed by atoms with Crippen LogP contribution in [0.1, 0.15) is 32.4 Å². The first kappa shape index (κ1) is 14.0. The van der Waals surface area contributed by atoms with E-state index in [1.165, 1.54) is 5.56 Å². The Hall–Kier alpha value is -1.06. The molecule has 0 saturated carbocycles. The van der Waals surface area contributed by atoms with Gasteiger partial charge in [-0.25, -0.2) is 0 Å². The van der Waals surface area contributed by atoms with E-state index in [1.54, 1.807) is 0 Å². The smallest absolute Gasteiger partial charge is 0.119 e. The van der Waals surface area contributed by atoms with E-state index in [-0.39, 0.29) is 18.2 Å². The van der Waals surface area contributed by atoms with Gasteiger partial charge in [-0.3, -0.25) is 0 Å². The van der Waals surface area contributed by atoms with Crippen LogP contribution >= 0.6 is 0 Å². The van der Waals surface area contributed by atoms with E-state index in [9.17, 15) is 0 Å². The molecular weight excluding hydrogens is 212 g/mol. The number of hydrogen-bond acceptors (Lipinski definition) is 3. The average molecular weight is 236 g/mol. The van der Waals surface area contributed by atoms with Crippen LogP contribution in [0, 0.1) is 0 Å². The normalized spacial score (nSPS) is 15.1. The van der Waals surface area contributed by atoms with Gasteiger partial charge in [0, 0.05) is 12.1 Å². The van der Waals surface area contributed by atoms with E-state index in [0.29, 0.717) is 0 Å². The highest BCUT2D eigenvalue weighted by Gasteiger charge is 2.18.